The molecule has 0 aromatic rings. The van der Waals surface area contributed by atoms with Gasteiger partial charge in [0.25, 0.3) is 0 Å². The molecule has 0 bridgehead atoms. The van der Waals surface area contributed by atoms with Crippen molar-refractivity contribution in [2.45, 2.75) is 26.3 Å². The lowest BCUT2D eigenvalue weighted by Crippen LogP contribution is -2.38. The lowest BCUT2D eigenvalue weighted by atomic mass is 10.2. The molecule has 1 amide bonds. The van der Waals surface area contributed by atoms with Crippen LogP contribution in [0.4, 0.5) is 0 Å². The Hall–Kier alpha value is -0.830. The Balaban J connectivity index is 2.47. The topological polar surface area (TPSA) is 23.6 Å². The van der Waals surface area contributed by atoms with Gasteiger partial charge in [0.1, 0.15) is 0 Å². The van der Waals surface area contributed by atoms with Crippen molar-refractivity contribution in [2.75, 3.05) is 26.2 Å². The lowest BCUT2D eigenvalue weighted by Gasteiger charge is -2.25. The fraction of sp³-hybridized carbons (Fsp3) is 0.727. The first-order chi connectivity index (χ1) is 6.72. The van der Waals surface area contributed by atoms with Crippen molar-refractivity contribution in [1.82, 2.24) is 9.80 Å². The number of likely N-dealkylation sites (N-methyl/N-ethyl adjacent to an activating group) is 1. The van der Waals surface area contributed by atoms with E-state index >= 15 is 0 Å². The van der Waals surface area contributed by atoms with E-state index in [9.17, 15) is 4.79 Å². The van der Waals surface area contributed by atoms with E-state index in [1.807, 2.05) is 4.90 Å². The maximum absolute atomic E-state index is 11.3. The van der Waals surface area contributed by atoms with Crippen LogP contribution in [0.25, 0.3) is 0 Å². The van der Waals surface area contributed by atoms with Crippen LogP contribution in [0.15, 0.2) is 12.7 Å². The highest BCUT2D eigenvalue weighted by atomic mass is 16.2. The molecule has 3 heteroatoms. The highest BCUT2D eigenvalue weighted by Gasteiger charge is 2.27. The van der Waals surface area contributed by atoms with Gasteiger partial charge in [0.05, 0.1) is 0 Å². The van der Waals surface area contributed by atoms with Gasteiger partial charge in [-0.25, -0.2) is 0 Å². The second-order valence-corrected chi connectivity index (χ2v) is 3.65. The zero-order valence-electron chi connectivity index (χ0n) is 9.20. The van der Waals surface area contributed by atoms with Gasteiger partial charge in [0.2, 0.25) is 5.91 Å². The second-order valence-electron chi connectivity index (χ2n) is 3.65. The largest absolute Gasteiger partial charge is 0.338 e. The normalized spacial score (nSPS) is 21.6. The second kappa shape index (κ2) is 5.15. The predicted octanol–water partition coefficient (Wildman–Crippen LogP) is 1.12. The van der Waals surface area contributed by atoms with Gasteiger partial charge in [-0.15, -0.1) is 0 Å². The van der Waals surface area contributed by atoms with E-state index in [0.29, 0.717) is 6.04 Å². The zero-order valence-corrected chi connectivity index (χ0v) is 9.20. The molecule has 1 heterocycles. The van der Waals surface area contributed by atoms with E-state index < -0.39 is 0 Å². The third-order valence-electron chi connectivity index (χ3n) is 2.98. The van der Waals surface area contributed by atoms with Crippen LogP contribution in [0.3, 0.4) is 0 Å². The molecule has 14 heavy (non-hydrogen) atoms. The molecule has 80 valence electrons. The van der Waals surface area contributed by atoms with Crippen LogP contribution in [0.1, 0.15) is 20.3 Å². The molecule has 3 nitrogen and oxygen atoms in total. The van der Waals surface area contributed by atoms with Crippen LogP contribution in [0.5, 0.6) is 0 Å². The van der Waals surface area contributed by atoms with Crippen LogP contribution in [0.2, 0.25) is 0 Å². The van der Waals surface area contributed by atoms with Crippen molar-refractivity contribution < 1.29 is 4.79 Å². The van der Waals surface area contributed by atoms with E-state index in [2.05, 4.69) is 25.3 Å². The SMILES string of the molecule is C=CC(=O)N1CCC(N(CC)CC)C1. The minimum Gasteiger partial charge on any atom is -0.338 e. The fourth-order valence-corrected chi connectivity index (χ4v) is 2.11. The predicted molar refractivity (Wildman–Crippen MR) is 58.1 cm³/mol. The van der Waals surface area contributed by atoms with Gasteiger partial charge in [-0.2, -0.15) is 0 Å². The molecule has 0 radical (unpaired) electrons. The van der Waals surface area contributed by atoms with E-state index in [1.165, 1.54) is 6.08 Å². The van der Waals surface area contributed by atoms with Gasteiger partial charge in [-0.05, 0) is 25.6 Å². The van der Waals surface area contributed by atoms with E-state index in [-0.39, 0.29) is 5.91 Å². The molecule has 1 fully saturated rings. The highest BCUT2D eigenvalue weighted by Crippen LogP contribution is 2.15. The molecule has 0 aromatic carbocycles. The molecule has 1 rings (SSSR count). The minimum atomic E-state index is 0.0691. The quantitative estimate of drug-likeness (QED) is 0.629. The van der Waals surface area contributed by atoms with Crippen LogP contribution in [0, 0.1) is 0 Å². The number of hydrogen-bond acceptors (Lipinski definition) is 2. The summed E-state index contributed by atoms with van der Waals surface area (Å²) >= 11 is 0. The summed E-state index contributed by atoms with van der Waals surface area (Å²) < 4.78 is 0. The Bertz CT molecular complexity index is 211. The minimum absolute atomic E-state index is 0.0691. The zero-order chi connectivity index (χ0) is 10.6. The number of hydrogen-bond donors (Lipinski definition) is 0. The monoisotopic (exact) mass is 196 g/mol. The fourth-order valence-electron chi connectivity index (χ4n) is 2.11. The van der Waals surface area contributed by atoms with Gasteiger partial charge in [-0.3, -0.25) is 9.69 Å². The number of likely N-dealkylation sites (tertiary alicyclic amines) is 1. The van der Waals surface area contributed by atoms with Gasteiger partial charge >= 0.3 is 0 Å². The highest BCUT2D eigenvalue weighted by molar-refractivity contribution is 5.87. The molecule has 0 saturated carbocycles. The average Bonchev–Trinajstić information content (AvgIpc) is 2.68. The summed E-state index contributed by atoms with van der Waals surface area (Å²) in [4.78, 5) is 15.6. The average molecular weight is 196 g/mol. The first kappa shape index (κ1) is 11.2. The molecule has 0 spiro atoms. The lowest BCUT2D eigenvalue weighted by molar-refractivity contribution is -0.125. The van der Waals surface area contributed by atoms with Crippen molar-refractivity contribution in [3.8, 4) is 0 Å². The number of rotatable bonds is 4. The van der Waals surface area contributed by atoms with E-state index in [1.54, 1.807) is 0 Å². The van der Waals surface area contributed by atoms with Crippen molar-refractivity contribution in [2.24, 2.45) is 0 Å². The maximum atomic E-state index is 11.3. The number of amides is 1. The summed E-state index contributed by atoms with van der Waals surface area (Å²) in [6, 6.07) is 0.550. The summed E-state index contributed by atoms with van der Waals surface area (Å²) in [7, 11) is 0. The summed E-state index contributed by atoms with van der Waals surface area (Å²) in [6.07, 6.45) is 2.51. The third-order valence-corrected chi connectivity index (χ3v) is 2.98. The van der Waals surface area contributed by atoms with Crippen molar-refractivity contribution in [3.63, 3.8) is 0 Å². The van der Waals surface area contributed by atoms with Crippen molar-refractivity contribution >= 4 is 5.91 Å². The van der Waals surface area contributed by atoms with Crippen molar-refractivity contribution in [3.05, 3.63) is 12.7 Å². The number of carbonyl (C=O) groups is 1. The first-order valence-electron chi connectivity index (χ1n) is 5.38. The molecule has 0 N–H and O–H groups in total. The number of nitrogens with zero attached hydrogens (tertiary/aromatic N) is 2. The smallest absolute Gasteiger partial charge is 0.246 e. The van der Waals surface area contributed by atoms with Gasteiger partial charge in [-0.1, -0.05) is 20.4 Å². The van der Waals surface area contributed by atoms with Crippen molar-refractivity contribution in [1.29, 1.82) is 0 Å². The molecule has 1 aliphatic rings. The Kier molecular flexibility index (Phi) is 4.14. The molecular weight excluding hydrogens is 176 g/mol. The summed E-state index contributed by atoms with van der Waals surface area (Å²) in [5.41, 5.74) is 0. The molecule has 1 atom stereocenters. The Morgan fingerprint density at radius 3 is 2.71 bits per heavy atom. The Labute approximate surface area is 86.4 Å². The summed E-state index contributed by atoms with van der Waals surface area (Å²) in [5, 5.41) is 0. The van der Waals surface area contributed by atoms with Crippen LogP contribution in [-0.4, -0.2) is 47.9 Å². The van der Waals surface area contributed by atoms with E-state index in [4.69, 9.17) is 0 Å². The van der Waals surface area contributed by atoms with Gasteiger partial charge in [0.15, 0.2) is 0 Å². The third kappa shape index (κ3) is 2.35. The van der Waals surface area contributed by atoms with E-state index in [0.717, 1.165) is 32.6 Å². The molecular formula is C11H20N2O. The molecule has 1 saturated heterocycles. The van der Waals surface area contributed by atoms with Crippen LogP contribution < -0.4 is 0 Å². The number of carbonyl (C=O) groups excluding carboxylic acids is 1. The Morgan fingerprint density at radius 1 is 1.57 bits per heavy atom. The van der Waals surface area contributed by atoms with Gasteiger partial charge in [0, 0.05) is 19.1 Å². The molecule has 1 aliphatic heterocycles. The standard InChI is InChI=1S/C11H20N2O/c1-4-11(14)13-8-7-10(9-13)12(5-2)6-3/h4,10H,1,5-9H2,2-3H3. The summed E-state index contributed by atoms with van der Waals surface area (Å²) in [6.45, 7) is 11.7. The summed E-state index contributed by atoms with van der Waals surface area (Å²) in [5.74, 6) is 0.0691. The molecule has 0 aromatic heterocycles. The van der Waals surface area contributed by atoms with Crippen LogP contribution in [-0.2, 0) is 4.79 Å². The van der Waals surface area contributed by atoms with Gasteiger partial charge < -0.3 is 4.90 Å². The first-order valence-corrected chi connectivity index (χ1v) is 5.38. The molecule has 1 unspecified atom stereocenters. The van der Waals surface area contributed by atoms with Crippen LogP contribution >= 0.6 is 0 Å². The molecule has 0 aliphatic carbocycles. The maximum Gasteiger partial charge on any atom is 0.246 e. The Morgan fingerprint density at radius 2 is 2.21 bits per heavy atom.